The van der Waals surface area contributed by atoms with Crippen LogP contribution in [-0.4, -0.2) is 64.8 Å². The van der Waals surface area contributed by atoms with Crippen LogP contribution in [0, 0.1) is 12.3 Å². The van der Waals surface area contributed by atoms with E-state index < -0.39 is 0 Å². The Kier molecular flexibility index (Phi) is 6.46. The zero-order valence-corrected chi connectivity index (χ0v) is 20.4. The number of nitrogens with zero attached hydrogens (tertiary/aromatic N) is 4. The number of piperidine rings is 1. The van der Waals surface area contributed by atoms with E-state index in [2.05, 4.69) is 26.3 Å². The van der Waals surface area contributed by atoms with Gasteiger partial charge < -0.3 is 19.9 Å². The molecule has 32 heavy (non-hydrogen) atoms. The summed E-state index contributed by atoms with van der Waals surface area (Å²) in [4.78, 5) is 29.9. The fourth-order valence-corrected chi connectivity index (χ4v) is 5.24. The van der Waals surface area contributed by atoms with Crippen molar-refractivity contribution >= 4 is 33.6 Å². The van der Waals surface area contributed by atoms with Crippen LogP contribution in [-0.2, 0) is 6.54 Å². The fourth-order valence-electron chi connectivity index (χ4n) is 4.79. The van der Waals surface area contributed by atoms with Crippen LogP contribution in [0.5, 0.6) is 5.75 Å². The van der Waals surface area contributed by atoms with E-state index in [-0.39, 0.29) is 17.4 Å². The van der Waals surface area contributed by atoms with Crippen molar-refractivity contribution in [1.82, 2.24) is 19.6 Å². The molecule has 0 atom stereocenters. The van der Waals surface area contributed by atoms with Gasteiger partial charge in [-0.2, -0.15) is 5.10 Å². The zero-order chi connectivity index (χ0) is 22.9. The molecule has 1 spiro atoms. The molecule has 0 aliphatic carbocycles. The third-order valence-electron chi connectivity index (χ3n) is 6.74. The van der Waals surface area contributed by atoms with Crippen molar-refractivity contribution in [3.05, 3.63) is 40.1 Å². The number of urea groups is 1. The van der Waals surface area contributed by atoms with E-state index in [1.54, 1.807) is 11.8 Å². The first-order valence-electron chi connectivity index (χ1n) is 11.1. The number of nitrogens with one attached hydrogen (secondary N) is 1. The summed E-state index contributed by atoms with van der Waals surface area (Å²) >= 11 is 3.55. The molecule has 0 bridgehead atoms. The normalized spacial score (nSPS) is 17.6. The Hall–Kier alpha value is -2.55. The lowest BCUT2D eigenvalue weighted by Gasteiger charge is -2.39. The smallest absolute Gasteiger partial charge is 0.321 e. The lowest BCUT2D eigenvalue weighted by molar-refractivity contribution is 0.0727. The number of hydrogen-bond acceptors (Lipinski definition) is 4. The van der Waals surface area contributed by atoms with E-state index in [0.29, 0.717) is 36.8 Å². The minimum absolute atomic E-state index is 0.0348. The highest BCUT2D eigenvalue weighted by Gasteiger charge is 2.43. The van der Waals surface area contributed by atoms with E-state index in [1.165, 1.54) is 0 Å². The molecule has 172 valence electrons. The standard InChI is InChI=1S/C23H30BrN5O3/c1-4-29-20(19(24)16(2)26-29)21(30)28-14-11-23(15-28)9-12-27(13-10-23)22(31)25-17-7-5-6-8-18(17)32-3/h5-8H,4,9-15H2,1-3H3,(H,25,31). The molecule has 2 aliphatic rings. The van der Waals surface area contributed by atoms with E-state index in [9.17, 15) is 9.59 Å². The monoisotopic (exact) mass is 503 g/mol. The summed E-state index contributed by atoms with van der Waals surface area (Å²) in [5.74, 6) is 0.680. The van der Waals surface area contributed by atoms with Crippen molar-refractivity contribution in [3.8, 4) is 5.75 Å². The van der Waals surface area contributed by atoms with Crippen molar-refractivity contribution in [2.45, 2.75) is 39.7 Å². The molecule has 2 saturated heterocycles. The molecule has 2 aromatic rings. The van der Waals surface area contributed by atoms with E-state index in [0.717, 1.165) is 42.5 Å². The predicted octanol–water partition coefficient (Wildman–Crippen LogP) is 4.14. The van der Waals surface area contributed by atoms with Crippen LogP contribution in [0.15, 0.2) is 28.7 Å². The van der Waals surface area contributed by atoms with Crippen LogP contribution in [0.4, 0.5) is 10.5 Å². The van der Waals surface area contributed by atoms with Gasteiger partial charge >= 0.3 is 6.03 Å². The van der Waals surface area contributed by atoms with E-state index >= 15 is 0 Å². The third-order valence-corrected chi connectivity index (χ3v) is 7.69. The summed E-state index contributed by atoms with van der Waals surface area (Å²) < 4.78 is 7.89. The van der Waals surface area contributed by atoms with E-state index in [4.69, 9.17) is 4.74 Å². The number of para-hydroxylation sites is 2. The maximum atomic E-state index is 13.3. The number of rotatable bonds is 4. The number of aromatic nitrogens is 2. The number of likely N-dealkylation sites (tertiary alicyclic amines) is 2. The van der Waals surface area contributed by atoms with Gasteiger partial charge in [0.15, 0.2) is 0 Å². The molecule has 2 aliphatic heterocycles. The Morgan fingerprint density at radius 2 is 1.81 bits per heavy atom. The molecule has 9 heteroatoms. The summed E-state index contributed by atoms with van der Waals surface area (Å²) in [7, 11) is 1.59. The summed E-state index contributed by atoms with van der Waals surface area (Å²) in [5, 5.41) is 7.43. The summed E-state index contributed by atoms with van der Waals surface area (Å²) in [6, 6.07) is 7.30. The van der Waals surface area contributed by atoms with Gasteiger partial charge in [0.2, 0.25) is 0 Å². The molecule has 1 N–H and O–H groups in total. The lowest BCUT2D eigenvalue weighted by atomic mass is 9.78. The van der Waals surface area contributed by atoms with Crippen LogP contribution >= 0.6 is 15.9 Å². The Bertz CT molecular complexity index is 1010. The number of halogens is 1. The minimum atomic E-state index is -0.110. The lowest BCUT2D eigenvalue weighted by Crippen LogP contribution is -2.46. The number of methoxy groups -OCH3 is 1. The molecule has 3 heterocycles. The Morgan fingerprint density at radius 3 is 2.47 bits per heavy atom. The number of carbonyl (C=O) groups excluding carboxylic acids is 2. The summed E-state index contributed by atoms with van der Waals surface area (Å²) in [6.45, 7) is 7.39. The molecule has 8 nitrogen and oxygen atoms in total. The van der Waals surface area contributed by atoms with Gasteiger partial charge in [0.1, 0.15) is 11.4 Å². The second kappa shape index (κ2) is 9.13. The van der Waals surface area contributed by atoms with Crippen LogP contribution in [0.2, 0.25) is 0 Å². The highest BCUT2D eigenvalue weighted by Crippen LogP contribution is 2.41. The third kappa shape index (κ3) is 4.22. The van der Waals surface area contributed by atoms with Gasteiger partial charge in [-0.25, -0.2) is 4.79 Å². The van der Waals surface area contributed by atoms with Crippen molar-refractivity contribution in [2.75, 3.05) is 38.6 Å². The molecular formula is C23H30BrN5O3. The Balaban J connectivity index is 1.37. The van der Waals surface area contributed by atoms with Crippen molar-refractivity contribution in [2.24, 2.45) is 5.41 Å². The van der Waals surface area contributed by atoms with Gasteiger partial charge in [0.05, 0.1) is 23.0 Å². The van der Waals surface area contributed by atoms with Crippen LogP contribution < -0.4 is 10.1 Å². The largest absolute Gasteiger partial charge is 0.495 e. The average molecular weight is 504 g/mol. The molecular weight excluding hydrogens is 474 g/mol. The molecule has 1 aromatic carbocycles. The molecule has 2 fully saturated rings. The number of aryl methyl sites for hydroxylation is 2. The number of carbonyl (C=O) groups is 2. The van der Waals surface area contributed by atoms with Gasteiger partial charge in [-0.15, -0.1) is 0 Å². The van der Waals surface area contributed by atoms with Gasteiger partial charge in [0.25, 0.3) is 5.91 Å². The molecule has 4 rings (SSSR count). The highest BCUT2D eigenvalue weighted by atomic mass is 79.9. The number of ether oxygens (including phenoxy) is 1. The van der Waals surface area contributed by atoms with Gasteiger partial charge in [-0.1, -0.05) is 12.1 Å². The SMILES string of the molecule is CCn1nc(C)c(Br)c1C(=O)N1CCC2(CCN(C(=O)Nc3ccccc3OC)CC2)C1. The summed E-state index contributed by atoms with van der Waals surface area (Å²) in [6.07, 6.45) is 2.75. The zero-order valence-electron chi connectivity index (χ0n) is 18.9. The predicted molar refractivity (Wildman–Crippen MR) is 126 cm³/mol. The molecule has 3 amide bonds. The molecule has 0 radical (unpaired) electrons. The average Bonchev–Trinajstić information content (AvgIpc) is 3.34. The first-order valence-corrected chi connectivity index (χ1v) is 11.9. The fraction of sp³-hybridized carbons (Fsp3) is 0.522. The summed E-state index contributed by atoms with van der Waals surface area (Å²) in [5.41, 5.74) is 2.22. The van der Waals surface area contributed by atoms with Crippen molar-refractivity contribution in [3.63, 3.8) is 0 Å². The Labute approximate surface area is 197 Å². The quantitative estimate of drug-likeness (QED) is 0.679. The minimum Gasteiger partial charge on any atom is -0.495 e. The molecule has 0 saturated carbocycles. The van der Waals surface area contributed by atoms with E-state index in [1.807, 2.05) is 47.9 Å². The molecule has 0 unspecified atom stereocenters. The van der Waals surface area contributed by atoms with Crippen LogP contribution in [0.3, 0.4) is 0 Å². The topological polar surface area (TPSA) is 79.7 Å². The van der Waals surface area contributed by atoms with Crippen LogP contribution in [0.1, 0.15) is 42.4 Å². The number of anilines is 1. The molecule has 1 aromatic heterocycles. The first kappa shape index (κ1) is 22.6. The number of amides is 3. The number of benzene rings is 1. The maximum Gasteiger partial charge on any atom is 0.321 e. The van der Waals surface area contributed by atoms with Crippen molar-refractivity contribution in [1.29, 1.82) is 0 Å². The second-order valence-electron chi connectivity index (χ2n) is 8.66. The second-order valence-corrected chi connectivity index (χ2v) is 9.45. The Morgan fingerprint density at radius 1 is 1.16 bits per heavy atom. The van der Waals surface area contributed by atoms with Gasteiger partial charge in [-0.3, -0.25) is 9.48 Å². The van der Waals surface area contributed by atoms with Crippen LogP contribution in [0.25, 0.3) is 0 Å². The number of hydrogen-bond donors (Lipinski definition) is 1. The highest BCUT2D eigenvalue weighted by molar-refractivity contribution is 9.10. The van der Waals surface area contributed by atoms with Crippen molar-refractivity contribution < 1.29 is 14.3 Å². The maximum absolute atomic E-state index is 13.3. The van der Waals surface area contributed by atoms with Gasteiger partial charge in [0, 0.05) is 32.7 Å². The first-order chi connectivity index (χ1) is 15.4. The van der Waals surface area contributed by atoms with Gasteiger partial charge in [-0.05, 0) is 66.6 Å².